The molecule has 0 unspecified atom stereocenters. The van der Waals surface area contributed by atoms with Crippen molar-refractivity contribution >= 4 is 5.84 Å². The number of amidine groups is 1. The topological polar surface area (TPSA) is 79.9 Å². The normalized spacial score (nSPS) is 12.4. The second kappa shape index (κ2) is 8.52. The van der Waals surface area contributed by atoms with Crippen LogP contribution in [0.25, 0.3) is 0 Å². The summed E-state index contributed by atoms with van der Waals surface area (Å²) in [6.45, 7) is 8.34. The van der Waals surface area contributed by atoms with E-state index in [4.69, 9.17) is 15.7 Å². The fourth-order valence-corrected chi connectivity index (χ4v) is 1.99. The first-order valence-electron chi connectivity index (χ1n) is 7.34. The molecule has 0 aliphatic rings. The zero-order valence-electron chi connectivity index (χ0n) is 13.2. The second-order valence-corrected chi connectivity index (χ2v) is 5.89. The highest BCUT2D eigenvalue weighted by Gasteiger charge is 2.22. The maximum absolute atomic E-state index is 8.70. The number of ether oxygens (including phenoxy) is 1. The zero-order valence-corrected chi connectivity index (χ0v) is 13.2. The van der Waals surface area contributed by atoms with E-state index in [1.54, 1.807) is 0 Å². The van der Waals surface area contributed by atoms with Crippen LogP contribution in [0.5, 0.6) is 5.75 Å². The van der Waals surface area contributed by atoms with Crippen molar-refractivity contribution in [3.05, 3.63) is 29.8 Å². The molecule has 0 aromatic heterocycles. The molecular weight excluding hydrogens is 266 g/mol. The van der Waals surface area contributed by atoms with Crippen molar-refractivity contribution in [1.29, 1.82) is 0 Å². The van der Waals surface area contributed by atoms with Gasteiger partial charge in [-0.15, -0.1) is 0 Å². The van der Waals surface area contributed by atoms with Gasteiger partial charge in [-0.2, -0.15) is 0 Å². The Kier molecular flexibility index (Phi) is 7.02. The molecule has 0 heterocycles. The van der Waals surface area contributed by atoms with Crippen LogP contribution in [0.2, 0.25) is 0 Å². The molecule has 0 saturated carbocycles. The first-order chi connectivity index (χ1) is 9.95. The second-order valence-electron chi connectivity index (χ2n) is 5.89. The van der Waals surface area contributed by atoms with E-state index in [0.717, 1.165) is 31.7 Å². The minimum Gasteiger partial charge on any atom is -0.492 e. The molecule has 1 aromatic carbocycles. The van der Waals surface area contributed by atoms with Crippen LogP contribution in [0.1, 0.15) is 32.3 Å². The monoisotopic (exact) mass is 293 g/mol. The van der Waals surface area contributed by atoms with Crippen molar-refractivity contribution in [2.75, 3.05) is 19.7 Å². The van der Waals surface area contributed by atoms with E-state index in [1.807, 2.05) is 45.0 Å². The third-order valence-electron chi connectivity index (χ3n) is 3.49. The number of nitrogens with one attached hydrogen (secondary N) is 1. The lowest BCUT2D eigenvalue weighted by molar-refractivity contribution is 0.302. The third-order valence-corrected chi connectivity index (χ3v) is 3.49. The van der Waals surface area contributed by atoms with Crippen LogP contribution < -0.4 is 15.8 Å². The van der Waals surface area contributed by atoms with Gasteiger partial charge in [0.05, 0.1) is 0 Å². The molecule has 0 aliphatic carbocycles. The van der Waals surface area contributed by atoms with Crippen LogP contribution in [-0.2, 0) is 0 Å². The van der Waals surface area contributed by atoms with Gasteiger partial charge in [0.15, 0.2) is 0 Å². The van der Waals surface area contributed by atoms with E-state index in [2.05, 4.69) is 10.5 Å². The third kappa shape index (κ3) is 6.49. The minimum absolute atomic E-state index is 0.269. The predicted molar refractivity (Wildman–Crippen MR) is 86.0 cm³/mol. The molecule has 0 spiro atoms. The van der Waals surface area contributed by atoms with Gasteiger partial charge in [0, 0.05) is 12.0 Å². The summed E-state index contributed by atoms with van der Waals surface area (Å²) in [4.78, 5) is 0. The number of aryl methyl sites for hydroxylation is 1. The number of rotatable bonds is 9. The minimum atomic E-state index is -0.269. The van der Waals surface area contributed by atoms with Crippen molar-refractivity contribution in [2.45, 2.75) is 33.6 Å². The summed E-state index contributed by atoms with van der Waals surface area (Å²) < 4.78 is 5.66. The Bertz CT molecular complexity index is 459. The molecule has 5 heteroatoms. The van der Waals surface area contributed by atoms with Gasteiger partial charge in [-0.25, -0.2) is 0 Å². The molecule has 0 radical (unpaired) electrons. The van der Waals surface area contributed by atoms with Crippen molar-refractivity contribution in [2.24, 2.45) is 16.3 Å². The van der Waals surface area contributed by atoms with E-state index < -0.39 is 0 Å². The van der Waals surface area contributed by atoms with Gasteiger partial charge in [-0.1, -0.05) is 31.1 Å². The summed E-state index contributed by atoms with van der Waals surface area (Å²) in [6, 6.07) is 8.04. The number of nitrogens with zero attached hydrogens (tertiary/aromatic N) is 1. The molecular formula is C16H27N3O2. The standard InChI is InChI=1S/C16H27N3O2/c1-13-6-4-7-14(12-13)21-11-10-18-9-5-8-16(2,3)15(17)19-20/h4,6-7,12,18,20H,5,8-11H2,1-3H3,(H2,17,19). The van der Waals surface area contributed by atoms with E-state index in [9.17, 15) is 0 Å². The Hall–Kier alpha value is -1.75. The van der Waals surface area contributed by atoms with Crippen LogP contribution in [0, 0.1) is 12.3 Å². The van der Waals surface area contributed by atoms with Crippen LogP contribution in [-0.4, -0.2) is 30.7 Å². The van der Waals surface area contributed by atoms with E-state index in [-0.39, 0.29) is 11.3 Å². The SMILES string of the molecule is Cc1cccc(OCCNCCCC(C)(C)C(N)=NO)c1. The van der Waals surface area contributed by atoms with Gasteiger partial charge < -0.3 is 21.0 Å². The van der Waals surface area contributed by atoms with Crippen LogP contribution in [0.3, 0.4) is 0 Å². The molecule has 1 rings (SSSR count). The first-order valence-corrected chi connectivity index (χ1v) is 7.34. The molecule has 0 atom stereocenters. The summed E-state index contributed by atoms with van der Waals surface area (Å²) >= 11 is 0. The summed E-state index contributed by atoms with van der Waals surface area (Å²) in [6.07, 6.45) is 1.84. The lowest BCUT2D eigenvalue weighted by Gasteiger charge is -2.22. The summed E-state index contributed by atoms with van der Waals surface area (Å²) in [5, 5.41) is 15.1. The Morgan fingerprint density at radius 3 is 2.81 bits per heavy atom. The molecule has 0 amide bonds. The largest absolute Gasteiger partial charge is 0.492 e. The Labute approximate surface area is 127 Å². The highest BCUT2D eigenvalue weighted by atomic mass is 16.5. The van der Waals surface area contributed by atoms with Crippen molar-refractivity contribution in [3.8, 4) is 5.75 Å². The van der Waals surface area contributed by atoms with Gasteiger partial charge in [-0.3, -0.25) is 0 Å². The van der Waals surface area contributed by atoms with Crippen molar-refractivity contribution in [3.63, 3.8) is 0 Å². The molecule has 0 fully saturated rings. The van der Waals surface area contributed by atoms with Gasteiger partial charge in [0.2, 0.25) is 0 Å². The van der Waals surface area contributed by atoms with Gasteiger partial charge in [-0.05, 0) is 44.0 Å². The van der Waals surface area contributed by atoms with E-state index >= 15 is 0 Å². The number of benzene rings is 1. The average Bonchev–Trinajstić information content (AvgIpc) is 2.45. The van der Waals surface area contributed by atoms with Gasteiger partial charge in [0.25, 0.3) is 0 Å². The lowest BCUT2D eigenvalue weighted by Crippen LogP contribution is -2.33. The maximum Gasteiger partial charge on any atom is 0.144 e. The molecule has 21 heavy (non-hydrogen) atoms. The fraction of sp³-hybridized carbons (Fsp3) is 0.562. The number of oxime groups is 1. The molecule has 1 aromatic rings. The van der Waals surface area contributed by atoms with Crippen LogP contribution in [0.4, 0.5) is 0 Å². The van der Waals surface area contributed by atoms with Crippen molar-refractivity contribution < 1.29 is 9.94 Å². The molecule has 118 valence electrons. The summed E-state index contributed by atoms with van der Waals surface area (Å²) in [5.74, 6) is 1.19. The summed E-state index contributed by atoms with van der Waals surface area (Å²) in [5.41, 5.74) is 6.58. The van der Waals surface area contributed by atoms with E-state index in [1.165, 1.54) is 5.56 Å². The lowest BCUT2D eigenvalue weighted by atomic mass is 9.86. The maximum atomic E-state index is 8.70. The average molecular weight is 293 g/mol. The molecule has 0 aliphatic heterocycles. The van der Waals surface area contributed by atoms with Gasteiger partial charge >= 0.3 is 0 Å². The highest BCUT2D eigenvalue weighted by Crippen LogP contribution is 2.21. The van der Waals surface area contributed by atoms with E-state index in [0.29, 0.717) is 6.61 Å². The van der Waals surface area contributed by atoms with Gasteiger partial charge in [0.1, 0.15) is 18.2 Å². The number of hydrogen-bond acceptors (Lipinski definition) is 4. The number of nitrogens with two attached hydrogens (primary N) is 1. The molecule has 5 nitrogen and oxygen atoms in total. The van der Waals surface area contributed by atoms with Crippen LogP contribution in [0.15, 0.2) is 29.4 Å². The first kappa shape index (κ1) is 17.3. The molecule has 0 bridgehead atoms. The smallest absolute Gasteiger partial charge is 0.144 e. The molecule has 4 N–H and O–H groups in total. The quantitative estimate of drug-likeness (QED) is 0.215. The zero-order chi connectivity index (χ0) is 15.7. The Balaban J connectivity index is 2.10. The number of hydrogen-bond donors (Lipinski definition) is 3. The Morgan fingerprint density at radius 1 is 1.38 bits per heavy atom. The highest BCUT2D eigenvalue weighted by molar-refractivity contribution is 5.85. The summed E-state index contributed by atoms with van der Waals surface area (Å²) in [7, 11) is 0. The van der Waals surface area contributed by atoms with Crippen LogP contribution >= 0.6 is 0 Å². The Morgan fingerprint density at radius 2 is 2.14 bits per heavy atom. The molecule has 0 saturated heterocycles. The fourth-order valence-electron chi connectivity index (χ4n) is 1.99. The predicted octanol–water partition coefficient (Wildman–Crippen LogP) is 2.52. The van der Waals surface area contributed by atoms with Crippen molar-refractivity contribution in [1.82, 2.24) is 5.32 Å².